The van der Waals surface area contributed by atoms with Gasteiger partial charge in [0.15, 0.2) is 6.61 Å². The van der Waals surface area contributed by atoms with Gasteiger partial charge in [-0.05, 0) is 26.0 Å². The van der Waals surface area contributed by atoms with Crippen LogP contribution in [-0.4, -0.2) is 73.7 Å². The lowest BCUT2D eigenvalue weighted by atomic mass is 10.2. The summed E-state index contributed by atoms with van der Waals surface area (Å²) in [6, 6.07) is 6.04. The monoisotopic (exact) mass is 351 g/mol. The number of nitro groups is 1. The highest BCUT2D eigenvalue weighted by Crippen LogP contribution is 2.21. The SMILES string of the molecule is COCCN(C)C[C@@H]1CCCN1C(=O)COc1cccc([N+](=O)[O-])c1. The van der Waals surface area contributed by atoms with Crippen LogP contribution in [0.5, 0.6) is 5.75 Å². The molecule has 1 amide bonds. The Morgan fingerprint density at radius 2 is 2.28 bits per heavy atom. The van der Waals surface area contributed by atoms with E-state index in [-0.39, 0.29) is 24.2 Å². The van der Waals surface area contributed by atoms with E-state index in [2.05, 4.69) is 4.90 Å². The van der Waals surface area contributed by atoms with E-state index in [9.17, 15) is 14.9 Å². The Morgan fingerprint density at radius 1 is 1.48 bits per heavy atom. The Morgan fingerprint density at radius 3 is 3.00 bits per heavy atom. The summed E-state index contributed by atoms with van der Waals surface area (Å²) in [4.78, 5) is 26.8. The van der Waals surface area contributed by atoms with E-state index in [0.717, 1.165) is 32.5 Å². The van der Waals surface area contributed by atoms with Crippen molar-refractivity contribution >= 4 is 11.6 Å². The minimum absolute atomic E-state index is 0.0521. The van der Waals surface area contributed by atoms with Gasteiger partial charge in [0.1, 0.15) is 5.75 Å². The van der Waals surface area contributed by atoms with Crippen molar-refractivity contribution in [3.05, 3.63) is 34.4 Å². The van der Waals surface area contributed by atoms with Crippen LogP contribution < -0.4 is 4.74 Å². The fraction of sp³-hybridized carbons (Fsp3) is 0.588. The van der Waals surface area contributed by atoms with Crippen LogP contribution in [0.1, 0.15) is 12.8 Å². The van der Waals surface area contributed by atoms with Crippen molar-refractivity contribution in [3.8, 4) is 5.75 Å². The van der Waals surface area contributed by atoms with Crippen LogP contribution >= 0.6 is 0 Å². The molecule has 0 unspecified atom stereocenters. The van der Waals surface area contributed by atoms with Crippen LogP contribution in [0.3, 0.4) is 0 Å². The zero-order valence-electron chi connectivity index (χ0n) is 14.7. The van der Waals surface area contributed by atoms with Crippen LogP contribution in [0.4, 0.5) is 5.69 Å². The van der Waals surface area contributed by atoms with Gasteiger partial charge in [0.25, 0.3) is 11.6 Å². The second-order valence-corrected chi connectivity index (χ2v) is 6.18. The van der Waals surface area contributed by atoms with E-state index in [1.165, 1.54) is 12.1 Å². The van der Waals surface area contributed by atoms with E-state index >= 15 is 0 Å². The number of non-ortho nitro benzene ring substituents is 1. The Bertz CT molecular complexity index is 595. The predicted molar refractivity (Wildman–Crippen MR) is 92.7 cm³/mol. The third-order valence-corrected chi connectivity index (χ3v) is 4.29. The van der Waals surface area contributed by atoms with Crippen LogP contribution in [-0.2, 0) is 9.53 Å². The maximum absolute atomic E-state index is 12.5. The first-order valence-corrected chi connectivity index (χ1v) is 8.35. The first-order chi connectivity index (χ1) is 12.0. The van der Waals surface area contributed by atoms with Gasteiger partial charge in [-0.1, -0.05) is 6.07 Å². The molecule has 8 heteroatoms. The number of likely N-dealkylation sites (tertiary alicyclic amines) is 1. The molecule has 0 radical (unpaired) electrons. The van der Waals surface area contributed by atoms with Crippen molar-refractivity contribution in [2.24, 2.45) is 0 Å². The molecule has 25 heavy (non-hydrogen) atoms. The van der Waals surface area contributed by atoms with Crippen LogP contribution in [0.15, 0.2) is 24.3 Å². The Labute approximate surface area is 147 Å². The largest absolute Gasteiger partial charge is 0.484 e. The Balaban J connectivity index is 1.86. The Kier molecular flexibility index (Phi) is 7.15. The van der Waals surface area contributed by atoms with E-state index < -0.39 is 4.92 Å². The molecule has 1 saturated heterocycles. The van der Waals surface area contributed by atoms with Gasteiger partial charge < -0.3 is 19.3 Å². The van der Waals surface area contributed by atoms with Crippen molar-refractivity contribution in [1.29, 1.82) is 0 Å². The number of carbonyl (C=O) groups is 1. The summed E-state index contributed by atoms with van der Waals surface area (Å²) in [7, 11) is 3.68. The van der Waals surface area contributed by atoms with Crippen LogP contribution in [0.2, 0.25) is 0 Å². The van der Waals surface area contributed by atoms with Crippen molar-refractivity contribution in [2.75, 3.05) is 47.0 Å². The van der Waals surface area contributed by atoms with Gasteiger partial charge in [-0.2, -0.15) is 0 Å². The molecule has 8 nitrogen and oxygen atoms in total. The highest BCUT2D eigenvalue weighted by Gasteiger charge is 2.29. The van der Waals surface area contributed by atoms with Gasteiger partial charge in [0.05, 0.1) is 17.6 Å². The molecule has 1 heterocycles. The molecule has 2 rings (SSSR count). The van der Waals surface area contributed by atoms with E-state index in [1.807, 2.05) is 11.9 Å². The first-order valence-electron chi connectivity index (χ1n) is 8.35. The number of hydrogen-bond donors (Lipinski definition) is 0. The highest BCUT2D eigenvalue weighted by molar-refractivity contribution is 5.78. The molecule has 1 aromatic carbocycles. The molecule has 0 saturated carbocycles. The van der Waals surface area contributed by atoms with E-state index in [4.69, 9.17) is 9.47 Å². The maximum Gasteiger partial charge on any atom is 0.273 e. The minimum atomic E-state index is -0.485. The lowest BCUT2D eigenvalue weighted by Gasteiger charge is -2.28. The molecule has 0 aromatic heterocycles. The molecule has 1 aromatic rings. The van der Waals surface area contributed by atoms with Crippen molar-refractivity contribution in [1.82, 2.24) is 9.80 Å². The maximum atomic E-state index is 12.5. The first kappa shape index (κ1) is 19.1. The summed E-state index contributed by atoms with van der Waals surface area (Å²) in [5.74, 6) is 0.240. The van der Waals surface area contributed by atoms with Crippen molar-refractivity contribution < 1.29 is 19.2 Å². The molecule has 0 aliphatic carbocycles. The number of amides is 1. The average Bonchev–Trinajstić information content (AvgIpc) is 3.06. The normalized spacial score (nSPS) is 17.1. The van der Waals surface area contributed by atoms with E-state index in [0.29, 0.717) is 12.4 Å². The lowest BCUT2D eigenvalue weighted by Crippen LogP contribution is -2.44. The highest BCUT2D eigenvalue weighted by atomic mass is 16.6. The fourth-order valence-corrected chi connectivity index (χ4v) is 2.97. The standard InChI is InChI=1S/C17H25N3O5/c1-18(9-10-24-2)12-15-6-4-8-19(15)17(21)13-25-16-7-3-5-14(11-16)20(22)23/h3,5,7,11,15H,4,6,8-10,12-13H2,1-2H3/t15-/m0/s1. The molecule has 0 N–H and O–H groups in total. The van der Waals surface area contributed by atoms with Crippen molar-refractivity contribution in [3.63, 3.8) is 0 Å². The number of hydrogen-bond acceptors (Lipinski definition) is 6. The fourth-order valence-electron chi connectivity index (χ4n) is 2.97. The number of methoxy groups -OCH3 is 1. The van der Waals surface area contributed by atoms with E-state index in [1.54, 1.807) is 19.2 Å². The van der Waals surface area contributed by atoms with Gasteiger partial charge in [0, 0.05) is 38.9 Å². The molecule has 1 fully saturated rings. The zero-order valence-corrected chi connectivity index (χ0v) is 14.7. The molecule has 1 aliphatic heterocycles. The number of carbonyl (C=O) groups excluding carboxylic acids is 1. The third kappa shape index (κ3) is 5.68. The molecular weight excluding hydrogens is 326 g/mol. The van der Waals surface area contributed by atoms with Gasteiger partial charge in [0.2, 0.25) is 0 Å². The topological polar surface area (TPSA) is 85.2 Å². The molecule has 0 bridgehead atoms. The van der Waals surface area contributed by atoms with Gasteiger partial charge in [-0.15, -0.1) is 0 Å². The Hall–Kier alpha value is -2.19. The lowest BCUT2D eigenvalue weighted by molar-refractivity contribution is -0.384. The average molecular weight is 351 g/mol. The summed E-state index contributed by atoms with van der Waals surface area (Å²) in [6.45, 7) is 2.89. The number of nitrogens with zero attached hydrogens (tertiary/aromatic N) is 3. The van der Waals surface area contributed by atoms with Crippen LogP contribution in [0.25, 0.3) is 0 Å². The summed E-state index contributed by atoms with van der Waals surface area (Å²) < 4.78 is 10.5. The predicted octanol–water partition coefficient (Wildman–Crippen LogP) is 1.54. The van der Waals surface area contributed by atoms with Crippen LogP contribution in [0, 0.1) is 10.1 Å². The second-order valence-electron chi connectivity index (χ2n) is 6.18. The van der Waals surface area contributed by atoms with Gasteiger partial charge in [-0.3, -0.25) is 14.9 Å². The molecule has 1 atom stereocenters. The number of likely N-dealkylation sites (N-methyl/N-ethyl adjacent to an activating group) is 1. The quantitative estimate of drug-likeness (QED) is 0.496. The molecule has 1 aliphatic rings. The summed E-state index contributed by atoms with van der Waals surface area (Å²) in [5, 5.41) is 10.8. The molecule has 0 spiro atoms. The zero-order chi connectivity index (χ0) is 18.2. The minimum Gasteiger partial charge on any atom is -0.484 e. The number of benzene rings is 1. The van der Waals surface area contributed by atoms with Gasteiger partial charge >= 0.3 is 0 Å². The smallest absolute Gasteiger partial charge is 0.273 e. The number of nitro benzene ring substituents is 1. The molecular formula is C17H25N3O5. The summed E-state index contributed by atoms with van der Waals surface area (Å²) in [6.07, 6.45) is 1.95. The summed E-state index contributed by atoms with van der Waals surface area (Å²) >= 11 is 0. The molecule has 138 valence electrons. The van der Waals surface area contributed by atoms with Crippen molar-refractivity contribution in [2.45, 2.75) is 18.9 Å². The number of rotatable bonds is 9. The third-order valence-electron chi connectivity index (χ3n) is 4.29. The second kappa shape index (κ2) is 9.33. The van der Waals surface area contributed by atoms with Gasteiger partial charge in [-0.25, -0.2) is 0 Å². The number of ether oxygens (including phenoxy) is 2. The summed E-state index contributed by atoms with van der Waals surface area (Å²) in [5.41, 5.74) is -0.0521.